The van der Waals surface area contributed by atoms with Crippen LogP contribution in [-0.2, 0) is 25.8 Å². The smallest absolute Gasteiger partial charge is 0.417 e. The van der Waals surface area contributed by atoms with Crippen LogP contribution in [0.1, 0.15) is 24.0 Å². The fourth-order valence-corrected chi connectivity index (χ4v) is 6.95. The SMILES string of the molecule is COc1ccc(/C=C2\SC(=O)N(CCNC(=O)C3CCN(S(=O)(=O)c4ccccc4C(F)(F)F)CC3)C2=O)cc1. The predicted octanol–water partition coefficient (Wildman–Crippen LogP) is 3.97. The number of thioether (sulfide) groups is 1. The molecule has 40 heavy (non-hydrogen) atoms. The average molecular weight is 598 g/mol. The standard InChI is InChI=1S/C26H26F3N3O6S2/c1-38-19-8-6-17(7-9-19)16-21-24(34)32(25(35)39-21)15-12-30-23(33)18-10-13-31(14-11-18)40(36,37)22-5-3-2-4-20(22)26(27,28)29/h2-9,16,18H,10-15H2,1H3,(H,30,33)/b21-16-. The number of piperidine rings is 1. The van der Waals surface area contributed by atoms with E-state index in [0.29, 0.717) is 5.75 Å². The molecule has 2 aromatic carbocycles. The lowest BCUT2D eigenvalue weighted by atomic mass is 9.97. The van der Waals surface area contributed by atoms with Crippen molar-refractivity contribution >= 4 is 44.9 Å². The number of carbonyl (C=O) groups is 3. The molecule has 0 radical (unpaired) electrons. The summed E-state index contributed by atoms with van der Waals surface area (Å²) in [5.41, 5.74) is -0.518. The molecule has 0 unspecified atom stereocenters. The number of hydrogen-bond acceptors (Lipinski definition) is 7. The molecular formula is C26H26F3N3O6S2. The van der Waals surface area contributed by atoms with E-state index in [1.165, 1.54) is 13.2 Å². The fourth-order valence-electron chi connectivity index (χ4n) is 4.40. The Morgan fingerprint density at radius 1 is 1.10 bits per heavy atom. The number of halogens is 3. The molecule has 2 saturated heterocycles. The maximum Gasteiger partial charge on any atom is 0.417 e. The van der Waals surface area contributed by atoms with Crippen molar-refractivity contribution in [1.82, 2.24) is 14.5 Å². The Labute approximate surface area is 233 Å². The van der Waals surface area contributed by atoms with Crippen LogP contribution in [0.2, 0.25) is 0 Å². The molecule has 214 valence electrons. The Balaban J connectivity index is 1.29. The number of imide groups is 1. The molecule has 0 aromatic heterocycles. The molecule has 2 aliphatic rings. The van der Waals surface area contributed by atoms with Crippen molar-refractivity contribution in [3.05, 3.63) is 64.6 Å². The maximum absolute atomic E-state index is 13.3. The number of nitrogens with zero attached hydrogens (tertiary/aromatic N) is 2. The topological polar surface area (TPSA) is 113 Å². The third-order valence-electron chi connectivity index (χ3n) is 6.56. The summed E-state index contributed by atoms with van der Waals surface area (Å²) in [6.07, 6.45) is -3.00. The minimum atomic E-state index is -4.83. The minimum absolute atomic E-state index is 0.00413. The number of rotatable bonds is 8. The molecule has 2 aliphatic heterocycles. The van der Waals surface area contributed by atoms with E-state index in [1.54, 1.807) is 30.3 Å². The number of ether oxygens (including phenoxy) is 1. The third kappa shape index (κ3) is 6.50. The van der Waals surface area contributed by atoms with Crippen molar-refractivity contribution < 1.29 is 40.7 Å². The predicted molar refractivity (Wildman–Crippen MR) is 142 cm³/mol. The summed E-state index contributed by atoms with van der Waals surface area (Å²) in [6.45, 7) is -0.278. The lowest BCUT2D eigenvalue weighted by molar-refractivity contribution is -0.140. The molecule has 3 amide bonds. The summed E-state index contributed by atoms with van der Waals surface area (Å²) >= 11 is 0.798. The van der Waals surface area contributed by atoms with Gasteiger partial charge in [0.05, 0.1) is 22.5 Å². The number of sulfonamides is 1. The first-order valence-corrected chi connectivity index (χ1v) is 14.5. The van der Waals surface area contributed by atoms with Crippen molar-refractivity contribution in [2.24, 2.45) is 5.92 Å². The van der Waals surface area contributed by atoms with Crippen LogP contribution in [0.5, 0.6) is 5.75 Å². The first-order chi connectivity index (χ1) is 18.9. The van der Waals surface area contributed by atoms with Crippen molar-refractivity contribution in [3.63, 3.8) is 0 Å². The quantitative estimate of drug-likeness (QED) is 0.459. The minimum Gasteiger partial charge on any atom is -0.497 e. The molecule has 1 N–H and O–H groups in total. The van der Waals surface area contributed by atoms with E-state index in [4.69, 9.17) is 4.74 Å². The van der Waals surface area contributed by atoms with E-state index < -0.39 is 43.7 Å². The molecule has 4 rings (SSSR count). The first kappa shape index (κ1) is 29.6. The Kier molecular flexibility index (Phi) is 8.90. The van der Waals surface area contributed by atoms with Gasteiger partial charge < -0.3 is 10.1 Å². The summed E-state index contributed by atoms with van der Waals surface area (Å²) in [5, 5.41) is 2.21. The van der Waals surface area contributed by atoms with Crippen molar-refractivity contribution in [3.8, 4) is 5.75 Å². The third-order valence-corrected chi connectivity index (χ3v) is 9.42. The fraction of sp³-hybridized carbons (Fsp3) is 0.346. The molecule has 0 saturated carbocycles. The zero-order valence-electron chi connectivity index (χ0n) is 21.3. The first-order valence-electron chi connectivity index (χ1n) is 12.3. The zero-order valence-corrected chi connectivity index (χ0v) is 22.9. The highest BCUT2D eigenvalue weighted by Crippen LogP contribution is 2.36. The van der Waals surface area contributed by atoms with Gasteiger partial charge in [-0.1, -0.05) is 24.3 Å². The molecule has 0 spiro atoms. The van der Waals surface area contributed by atoms with Gasteiger partial charge >= 0.3 is 6.18 Å². The number of hydrogen-bond donors (Lipinski definition) is 1. The van der Waals surface area contributed by atoms with Gasteiger partial charge in [0.15, 0.2) is 0 Å². The van der Waals surface area contributed by atoms with Crippen LogP contribution in [0.25, 0.3) is 6.08 Å². The highest BCUT2D eigenvalue weighted by atomic mass is 32.2. The van der Waals surface area contributed by atoms with Crippen LogP contribution in [0.3, 0.4) is 0 Å². The van der Waals surface area contributed by atoms with Crippen LogP contribution >= 0.6 is 11.8 Å². The van der Waals surface area contributed by atoms with Gasteiger partial charge in [-0.3, -0.25) is 19.3 Å². The highest BCUT2D eigenvalue weighted by Gasteiger charge is 2.40. The summed E-state index contributed by atoms with van der Waals surface area (Å²) in [4.78, 5) is 38.2. The Hall–Kier alpha value is -3.36. The van der Waals surface area contributed by atoms with Gasteiger partial charge in [-0.2, -0.15) is 17.5 Å². The number of methoxy groups -OCH3 is 1. The van der Waals surface area contributed by atoms with E-state index >= 15 is 0 Å². The van der Waals surface area contributed by atoms with Gasteiger partial charge in [-0.25, -0.2) is 8.42 Å². The number of alkyl halides is 3. The van der Waals surface area contributed by atoms with Crippen LogP contribution in [0, 0.1) is 5.92 Å². The van der Waals surface area contributed by atoms with E-state index in [0.717, 1.165) is 44.7 Å². The molecule has 2 fully saturated rings. The summed E-state index contributed by atoms with van der Waals surface area (Å²) < 4.78 is 72.0. The number of benzene rings is 2. The largest absolute Gasteiger partial charge is 0.497 e. The Morgan fingerprint density at radius 2 is 1.75 bits per heavy atom. The van der Waals surface area contributed by atoms with Gasteiger partial charge in [-0.05, 0) is 60.5 Å². The second-order valence-corrected chi connectivity index (χ2v) is 12.0. The molecule has 0 aliphatic carbocycles. The van der Waals surface area contributed by atoms with Gasteiger partial charge in [0.25, 0.3) is 11.1 Å². The summed E-state index contributed by atoms with van der Waals surface area (Å²) in [5.74, 6) is -0.763. The summed E-state index contributed by atoms with van der Waals surface area (Å²) in [7, 11) is -2.87. The van der Waals surface area contributed by atoms with E-state index in [-0.39, 0.29) is 49.8 Å². The molecular weight excluding hydrogens is 571 g/mol. The molecule has 2 aromatic rings. The van der Waals surface area contributed by atoms with Gasteiger partial charge in [0.2, 0.25) is 15.9 Å². The number of amides is 3. The van der Waals surface area contributed by atoms with E-state index in [1.807, 2.05) is 0 Å². The molecule has 9 nitrogen and oxygen atoms in total. The number of nitrogens with one attached hydrogen (secondary N) is 1. The monoisotopic (exact) mass is 597 g/mol. The zero-order chi connectivity index (χ0) is 29.1. The van der Waals surface area contributed by atoms with Crippen LogP contribution in [0.15, 0.2) is 58.3 Å². The van der Waals surface area contributed by atoms with Gasteiger partial charge in [-0.15, -0.1) is 0 Å². The molecule has 14 heteroatoms. The maximum atomic E-state index is 13.3. The average Bonchev–Trinajstić information content (AvgIpc) is 3.20. The second kappa shape index (κ2) is 12.0. The highest BCUT2D eigenvalue weighted by molar-refractivity contribution is 8.18. The number of carbonyl (C=O) groups excluding carboxylic acids is 3. The Bertz CT molecular complexity index is 1420. The molecule has 2 heterocycles. The van der Waals surface area contributed by atoms with E-state index in [2.05, 4.69) is 5.32 Å². The van der Waals surface area contributed by atoms with Crippen LogP contribution in [-0.4, -0.2) is 68.0 Å². The second-order valence-electron chi connectivity index (χ2n) is 9.07. The lowest BCUT2D eigenvalue weighted by Gasteiger charge is -2.31. The lowest BCUT2D eigenvalue weighted by Crippen LogP contribution is -2.44. The van der Waals surface area contributed by atoms with Crippen molar-refractivity contribution in [2.45, 2.75) is 23.9 Å². The Morgan fingerprint density at radius 3 is 2.38 bits per heavy atom. The van der Waals surface area contributed by atoms with Gasteiger partial charge in [0.1, 0.15) is 5.75 Å². The normalized spacial score (nSPS) is 18.4. The molecule has 0 bridgehead atoms. The van der Waals surface area contributed by atoms with Crippen LogP contribution in [0.4, 0.5) is 18.0 Å². The van der Waals surface area contributed by atoms with Crippen molar-refractivity contribution in [1.29, 1.82) is 0 Å². The summed E-state index contributed by atoms with van der Waals surface area (Å²) in [6, 6.07) is 11.0. The van der Waals surface area contributed by atoms with E-state index in [9.17, 15) is 36.0 Å². The van der Waals surface area contributed by atoms with Crippen LogP contribution < -0.4 is 10.1 Å². The van der Waals surface area contributed by atoms with Gasteiger partial charge in [0, 0.05) is 32.1 Å². The molecule has 0 atom stereocenters. The van der Waals surface area contributed by atoms with Crippen molar-refractivity contribution in [2.75, 3.05) is 33.3 Å².